The summed E-state index contributed by atoms with van der Waals surface area (Å²) >= 11 is 8.99. The monoisotopic (exact) mass is 348 g/mol. The highest BCUT2D eigenvalue weighted by Gasteiger charge is 2.22. The van der Waals surface area contributed by atoms with Gasteiger partial charge in [0.25, 0.3) is 0 Å². The summed E-state index contributed by atoms with van der Waals surface area (Å²) in [4.78, 5) is 12.1. The molecule has 0 amide bonds. The van der Waals surface area contributed by atoms with Crippen molar-refractivity contribution in [3.8, 4) is 0 Å². The summed E-state index contributed by atoms with van der Waals surface area (Å²) in [5.41, 5.74) is -0.901. The highest BCUT2D eigenvalue weighted by atomic mass is 79.9. The van der Waals surface area contributed by atoms with Crippen molar-refractivity contribution in [1.29, 1.82) is 0 Å². The fraction of sp³-hybridized carbons (Fsp3) is 0. The van der Waals surface area contributed by atoms with Gasteiger partial charge >= 0.3 is 0 Å². The normalized spacial score (nSPS) is 10.6. The van der Waals surface area contributed by atoms with Crippen LogP contribution in [-0.4, -0.2) is 5.78 Å². The van der Waals surface area contributed by atoms with Crippen molar-refractivity contribution in [1.82, 2.24) is 0 Å². The Hall–Kier alpha value is -1.33. The van der Waals surface area contributed by atoms with E-state index < -0.39 is 28.8 Å². The minimum atomic E-state index is -1.27. The van der Waals surface area contributed by atoms with Crippen molar-refractivity contribution in [2.75, 3.05) is 0 Å². The minimum absolute atomic E-state index is 0.0376. The van der Waals surface area contributed by atoms with Gasteiger partial charge in [0.15, 0.2) is 5.78 Å². The van der Waals surface area contributed by atoms with Gasteiger partial charge < -0.3 is 0 Å². The molecule has 0 aliphatic carbocycles. The maximum absolute atomic E-state index is 13.5. The summed E-state index contributed by atoms with van der Waals surface area (Å²) in [6.45, 7) is 0. The molecular formula is C13H5BrClF3O. The molecule has 19 heavy (non-hydrogen) atoms. The lowest BCUT2D eigenvalue weighted by atomic mass is 10.0. The van der Waals surface area contributed by atoms with Gasteiger partial charge in [-0.3, -0.25) is 4.79 Å². The van der Waals surface area contributed by atoms with E-state index in [0.29, 0.717) is 16.6 Å². The quantitative estimate of drug-likeness (QED) is 0.715. The average Bonchev–Trinajstić information content (AvgIpc) is 2.31. The molecule has 0 bridgehead atoms. The van der Waals surface area contributed by atoms with Crippen LogP contribution in [0.15, 0.2) is 34.8 Å². The van der Waals surface area contributed by atoms with Crippen LogP contribution in [0.1, 0.15) is 15.9 Å². The van der Waals surface area contributed by atoms with E-state index in [4.69, 9.17) is 11.6 Å². The van der Waals surface area contributed by atoms with Gasteiger partial charge in [0.2, 0.25) is 0 Å². The van der Waals surface area contributed by atoms with Gasteiger partial charge in [-0.15, -0.1) is 0 Å². The first-order valence-corrected chi connectivity index (χ1v) is 6.22. The van der Waals surface area contributed by atoms with Crippen molar-refractivity contribution in [3.05, 3.63) is 68.4 Å². The molecule has 0 unspecified atom stereocenters. The first-order chi connectivity index (χ1) is 8.91. The SMILES string of the molecule is O=C(c1cccc(Br)c1Cl)c1c(F)cc(F)cc1F. The van der Waals surface area contributed by atoms with Gasteiger partial charge in [0, 0.05) is 22.2 Å². The Morgan fingerprint density at radius 1 is 1.11 bits per heavy atom. The van der Waals surface area contributed by atoms with E-state index in [1.54, 1.807) is 6.07 Å². The summed E-state index contributed by atoms with van der Waals surface area (Å²) in [6.07, 6.45) is 0. The molecule has 1 nitrogen and oxygen atoms in total. The van der Waals surface area contributed by atoms with Gasteiger partial charge in [-0.25, -0.2) is 13.2 Å². The van der Waals surface area contributed by atoms with Crippen LogP contribution >= 0.6 is 27.5 Å². The maximum Gasteiger partial charge on any atom is 0.200 e. The van der Waals surface area contributed by atoms with E-state index in [1.165, 1.54) is 12.1 Å². The van der Waals surface area contributed by atoms with E-state index in [9.17, 15) is 18.0 Å². The Morgan fingerprint density at radius 2 is 1.68 bits per heavy atom. The number of rotatable bonds is 2. The molecule has 2 rings (SSSR count). The molecule has 0 atom stereocenters. The molecule has 0 radical (unpaired) electrons. The van der Waals surface area contributed by atoms with E-state index in [-0.39, 0.29) is 10.6 Å². The fourth-order valence-electron chi connectivity index (χ4n) is 1.57. The van der Waals surface area contributed by atoms with Crippen molar-refractivity contribution in [2.45, 2.75) is 0 Å². The number of hydrogen-bond donors (Lipinski definition) is 0. The highest BCUT2D eigenvalue weighted by Crippen LogP contribution is 2.29. The van der Waals surface area contributed by atoms with Crippen LogP contribution in [0.3, 0.4) is 0 Å². The van der Waals surface area contributed by atoms with Crippen LogP contribution < -0.4 is 0 Å². The summed E-state index contributed by atoms with van der Waals surface area (Å²) in [5.74, 6) is -4.56. The van der Waals surface area contributed by atoms with E-state index >= 15 is 0 Å². The number of carbonyl (C=O) groups is 1. The lowest BCUT2D eigenvalue weighted by molar-refractivity contribution is 0.103. The van der Waals surface area contributed by atoms with Crippen LogP contribution in [0.4, 0.5) is 13.2 Å². The third kappa shape index (κ3) is 2.67. The Morgan fingerprint density at radius 3 is 2.26 bits per heavy atom. The molecule has 0 fully saturated rings. The lowest BCUT2D eigenvalue weighted by Crippen LogP contribution is -2.09. The van der Waals surface area contributed by atoms with Crippen molar-refractivity contribution in [2.24, 2.45) is 0 Å². The standard InChI is InChI=1S/C13H5BrClF3O/c14-8-3-1-2-7(12(8)15)13(19)11-9(17)4-6(16)5-10(11)18/h1-5H. The lowest BCUT2D eigenvalue weighted by Gasteiger charge is -2.07. The summed E-state index contributed by atoms with van der Waals surface area (Å²) in [7, 11) is 0. The van der Waals surface area contributed by atoms with Crippen molar-refractivity contribution < 1.29 is 18.0 Å². The summed E-state index contributed by atoms with van der Waals surface area (Å²) < 4.78 is 40.3. The number of benzene rings is 2. The molecule has 0 aliphatic rings. The Labute approximate surface area is 120 Å². The second-order valence-corrected chi connectivity index (χ2v) is 4.91. The summed E-state index contributed by atoms with van der Waals surface area (Å²) in [5, 5.41) is 0.0376. The van der Waals surface area contributed by atoms with Crippen LogP contribution in [0, 0.1) is 17.5 Å². The van der Waals surface area contributed by atoms with E-state index in [2.05, 4.69) is 15.9 Å². The van der Waals surface area contributed by atoms with Gasteiger partial charge in [-0.1, -0.05) is 17.7 Å². The predicted octanol–water partition coefficient (Wildman–Crippen LogP) is 4.75. The topological polar surface area (TPSA) is 17.1 Å². The molecule has 2 aromatic carbocycles. The molecule has 0 saturated heterocycles. The third-order valence-electron chi connectivity index (χ3n) is 2.43. The minimum Gasteiger partial charge on any atom is -0.288 e. The molecule has 0 aromatic heterocycles. The molecule has 98 valence electrons. The third-order valence-corrected chi connectivity index (χ3v) is 3.73. The molecule has 0 saturated carbocycles. The second-order valence-electron chi connectivity index (χ2n) is 3.67. The van der Waals surface area contributed by atoms with Gasteiger partial charge in [0.05, 0.1) is 10.6 Å². The zero-order valence-electron chi connectivity index (χ0n) is 9.18. The van der Waals surface area contributed by atoms with Crippen LogP contribution in [0.5, 0.6) is 0 Å². The molecule has 0 heterocycles. The van der Waals surface area contributed by atoms with Crippen LogP contribution in [-0.2, 0) is 0 Å². The zero-order chi connectivity index (χ0) is 14.2. The van der Waals surface area contributed by atoms with E-state index in [0.717, 1.165) is 0 Å². The van der Waals surface area contributed by atoms with Crippen LogP contribution in [0.2, 0.25) is 5.02 Å². The van der Waals surface area contributed by atoms with Crippen molar-refractivity contribution >= 4 is 33.3 Å². The van der Waals surface area contributed by atoms with Crippen LogP contribution in [0.25, 0.3) is 0 Å². The molecule has 6 heteroatoms. The average molecular weight is 350 g/mol. The number of hydrogen-bond acceptors (Lipinski definition) is 1. The first kappa shape index (κ1) is 14.1. The maximum atomic E-state index is 13.5. The van der Waals surface area contributed by atoms with Gasteiger partial charge in [-0.05, 0) is 28.1 Å². The Balaban J connectivity index is 2.60. The largest absolute Gasteiger partial charge is 0.288 e. The molecular weight excluding hydrogens is 344 g/mol. The zero-order valence-corrected chi connectivity index (χ0v) is 11.5. The number of carbonyl (C=O) groups excluding carboxylic acids is 1. The molecule has 0 aliphatic heterocycles. The fourth-order valence-corrected chi connectivity index (χ4v) is 2.15. The number of ketones is 1. The van der Waals surface area contributed by atoms with Gasteiger partial charge in [-0.2, -0.15) is 0 Å². The smallest absolute Gasteiger partial charge is 0.200 e. The Kier molecular flexibility index (Phi) is 3.96. The highest BCUT2D eigenvalue weighted by molar-refractivity contribution is 9.10. The molecule has 2 aromatic rings. The van der Waals surface area contributed by atoms with Crippen molar-refractivity contribution in [3.63, 3.8) is 0 Å². The van der Waals surface area contributed by atoms with Gasteiger partial charge in [0.1, 0.15) is 17.5 Å². The Bertz CT molecular complexity index is 650. The van der Waals surface area contributed by atoms with E-state index in [1.807, 2.05) is 0 Å². The molecule has 0 N–H and O–H groups in total. The summed E-state index contributed by atoms with van der Waals surface area (Å²) in [6, 6.07) is 5.31. The second kappa shape index (κ2) is 5.35. The number of halogens is 5. The molecule has 0 spiro atoms. The first-order valence-electron chi connectivity index (χ1n) is 5.05. The predicted molar refractivity (Wildman–Crippen MR) is 68.9 cm³/mol.